The summed E-state index contributed by atoms with van der Waals surface area (Å²) < 4.78 is 27.1. The van der Waals surface area contributed by atoms with Gasteiger partial charge in [0.15, 0.2) is 0 Å². The summed E-state index contributed by atoms with van der Waals surface area (Å²) in [6.07, 6.45) is 9.32. The molecule has 1 aromatic carbocycles. The molecule has 9 heteroatoms. The minimum absolute atomic E-state index is 0.280. The van der Waals surface area contributed by atoms with Crippen LogP contribution in [0.25, 0.3) is 22.9 Å². The molecule has 2 amide bonds. The molecule has 0 radical (unpaired) electrons. The van der Waals surface area contributed by atoms with E-state index in [1.54, 1.807) is 24.5 Å². The lowest BCUT2D eigenvalue weighted by atomic mass is 10.1. The number of aromatic nitrogens is 2. The lowest BCUT2D eigenvalue weighted by Crippen LogP contribution is -2.43. The quantitative estimate of drug-likeness (QED) is 0.647. The molecule has 4 rings (SSSR count). The van der Waals surface area contributed by atoms with Gasteiger partial charge < -0.3 is 10.2 Å². The van der Waals surface area contributed by atoms with Gasteiger partial charge in [0.2, 0.25) is 5.91 Å². The van der Waals surface area contributed by atoms with Gasteiger partial charge in [-0.15, -0.1) is 0 Å². The van der Waals surface area contributed by atoms with Crippen molar-refractivity contribution in [2.45, 2.75) is 18.4 Å². The molecule has 166 valence electrons. The number of benzene rings is 1. The van der Waals surface area contributed by atoms with Gasteiger partial charge >= 0.3 is 0 Å². The number of fused-ring (bicyclic) bond motifs is 1. The molecule has 1 saturated heterocycles. The summed E-state index contributed by atoms with van der Waals surface area (Å²) >= 11 is 0. The van der Waals surface area contributed by atoms with Gasteiger partial charge in [-0.05, 0) is 29.1 Å². The lowest BCUT2D eigenvalue weighted by molar-refractivity contribution is -0.131. The molecule has 33 heavy (non-hydrogen) atoms. The maximum atomic E-state index is 13.6. The largest absolute Gasteiger partial charge is 0.343 e. The maximum Gasteiger partial charge on any atom is 0.268 e. The fraction of sp³-hybridized carbons (Fsp3) is 0.208. The minimum Gasteiger partial charge on any atom is -0.343 e. The summed E-state index contributed by atoms with van der Waals surface area (Å²) in [5.41, 5.74) is 1.72. The Morgan fingerprint density at radius 1 is 1.15 bits per heavy atom. The van der Waals surface area contributed by atoms with Crippen LogP contribution in [0.15, 0.2) is 55.1 Å². The number of hydrogen-bond donors (Lipinski definition) is 1. The second-order valence-electron chi connectivity index (χ2n) is 7.69. The zero-order valence-electron chi connectivity index (χ0n) is 17.4. The van der Waals surface area contributed by atoms with E-state index in [9.17, 15) is 18.4 Å². The molecule has 2 aromatic heterocycles. The summed E-state index contributed by atoms with van der Waals surface area (Å²) in [7, 11) is 0. The molecule has 1 N–H and O–H groups in total. The number of amides is 2. The summed E-state index contributed by atoms with van der Waals surface area (Å²) in [4.78, 5) is 34.0. The fourth-order valence-electron chi connectivity index (χ4n) is 3.68. The Bertz CT molecular complexity index is 1290. The number of carbonyl (C=O) groups excluding carboxylic acids is 2. The van der Waals surface area contributed by atoms with Gasteiger partial charge in [-0.3, -0.25) is 19.6 Å². The number of likely N-dealkylation sites (tertiary alicyclic amines) is 1. The van der Waals surface area contributed by atoms with E-state index in [0.29, 0.717) is 5.56 Å². The first-order chi connectivity index (χ1) is 15.9. The van der Waals surface area contributed by atoms with Crippen LogP contribution in [-0.4, -0.2) is 51.7 Å². The Hall–Kier alpha value is -4.19. The first-order valence-electron chi connectivity index (χ1n) is 10.2. The smallest absolute Gasteiger partial charge is 0.268 e. The molecule has 0 saturated carbocycles. The van der Waals surface area contributed by atoms with Gasteiger partial charge in [0.1, 0.15) is 6.04 Å². The Labute approximate surface area is 188 Å². The third-order valence-electron chi connectivity index (χ3n) is 5.36. The number of hydrogen-bond acceptors (Lipinski definition) is 5. The average Bonchev–Trinajstić information content (AvgIpc) is 3.15. The van der Waals surface area contributed by atoms with Crippen LogP contribution >= 0.6 is 0 Å². The van der Waals surface area contributed by atoms with E-state index in [2.05, 4.69) is 15.3 Å². The molecular weight excluding hydrogens is 428 g/mol. The van der Waals surface area contributed by atoms with Crippen LogP contribution in [0, 0.1) is 11.3 Å². The Kier molecular flexibility index (Phi) is 6.09. The first kappa shape index (κ1) is 22.0. The van der Waals surface area contributed by atoms with E-state index < -0.39 is 43.3 Å². The van der Waals surface area contributed by atoms with E-state index >= 15 is 0 Å². The van der Waals surface area contributed by atoms with E-state index in [4.69, 9.17) is 5.26 Å². The maximum absolute atomic E-state index is 13.6. The highest BCUT2D eigenvalue weighted by atomic mass is 19.3. The number of nitriles is 1. The van der Waals surface area contributed by atoms with Gasteiger partial charge in [-0.1, -0.05) is 24.3 Å². The van der Waals surface area contributed by atoms with E-state index in [1.165, 1.54) is 18.5 Å². The second kappa shape index (κ2) is 9.12. The van der Waals surface area contributed by atoms with Gasteiger partial charge in [0.25, 0.3) is 11.8 Å². The third-order valence-corrected chi connectivity index (χ3v) is 5.36. The summed E-state index contributed by atoms with van der Waals surface area (Å²) in [6, 6.07) is 9.77. The van der Waals surface area contributed by atoms with Crippen molar-refractivity contribution in [1.29, 1.82) is 5.26 Å². The number of rotatable bonds is 5. The number of pyridine rings is 2. The van der Waals surface area contributed by atoms with Crippen LogP contribution in [0.2, 0.25) is 0 Å². The monoisotopic (exact) mass is 447 g/mol. The molecule has 0 aliphatic carbocycles. The number of carbonyl (C=O) groups is 2. The SMILES string of the molecule is N#CC1CC(F)(F)CN1C(=O)CNC(=O)c1ccncc1C=Cc1ccc2cnccc2c1. The predicted molar refractivity (Wildman–Crippen MR) is 118 cm³/mol. The molecule has 1 unspecified atom stereocenters. The van der Waals surface area contributed by atoms with Crippen LogP contribution in [0.3, 0.4) is 0 Å². The molecule has 3 aromatic rings. The molecule has 1 fully saturated rings. The predicted octanol–water partition coefficient (Wildman–Crippen LogP) is 3.29. The molecule has 1 atom stereocenters. The van der Waals surface area contributed by atoms with Gasteiger partial charge in [0.05, 0.1) is 19.2 Å². The second-order valence-corrected chi connectivity index (χ2v) is 7.69. The average molecular weight is 447 g/mol. The van der Waals surface area contributed by atoms with Crippen molar-refractivity contribution in [2.24, 2.45) is 0 Å². The van der Waals surface area contributed by atoms with Crippen molar-refractivity contribution >= 4 is 34.7 Å². The van der Waals surface area contributed by atoms with Crippen molar-refractivity contribution in [3.63, 3.8) is 0 Å². The van der Waals surface area contributed by atoms with Crippen LogP contribution in [0.1, 0.15) is 27.9 Å². The summed E-state index contributed by atoms with van der Waals surface area (Å²) in [5.74, 6) is -4.39. The Balaban J connectivity index is 1.45. The van der Waals surface area contributed by atoms with E-state index in [1.807, 2.05) is 30.3 Å². The van der Waals surface area contributed by atoms with Gasteiger partial charge in [-0.25, -0.2) is 8.78 Å². The topological polar surface area (TPSA) is 99.0 Å². The number of halogens is 2. The first-order valence-corrected chi connectivity index (χ1v) is 10.2. The van der Waals surface area contributed by atoms with Crippen molar-refractivity contribution < 1.29 is 18.4 Å². The lowest BCUT2D eigenvalue weighted by Gasteiger charge is -2.19. The summed E-state index contributed by atoms with van der Waals surface area (Å²) in [5, 5.41) is 13.5. The normalized spacial score (nSPS) is 17.2. The molecule has 7 nitrogen and oxygen atoms in total. The molecular formula is C24H19F2N5O2. The fourth-order valence-corrected chi connectivity index (χ4v) is 3.68. The van der Waals surface area contributed by atoms with Crippen LogP contribution in [0.4, 0.5) is 8.78 Å². The Morgan fingerprint density at radius 3 is 2.76 bits per heavy atom. The zero-order valence-corrected chi connectivity index (χ0v) is 17.4. The van der Waals surface area contributed by atoms with E-state index in [-0.39, 0.29) is 5.56 Å². The van der Waals surface area contributed by atoms with Crippen molar-refractivity contribution in [1.82, 2.24) is 20.2 Å². The summed E-state index contributed by atoms with van der Waals surface area (Å²) in [6.45, 7) is -1.32. The molecule has 1 aliphatic heterocycles. The number of nitrogens with zero attached hydrogens (tertiary/aromatic N) is 4. The number of alkyl halides is 2. The third kappa shape index (κ3) is 5.01. The minimum atomic E-state index is -3.11. The molecule has 0 bridgehead atoms. The van der Waals surface area contributed by atoms with Crippen molar-refractivity contribution in [2.75, 3.05) is 13.1 Å². The molecule has 3 heterocycles. The van der Waals surface area contributed by atoms with Crippen molar-refractivity contribution in [3.05, 3.63) is 71.8 Å². The highest BCUT2D eigenvalue weighted by Crippen LogP contribution is 2.31. The van der Waals surface area contributed by atoms with Crippen molar-refractivity contribution in [3.8, 4) is 6.07 Å². The van der Waals surface area contributed by atoms with Crippen LogP contribution in [0.5, 0.6) is 0 Å². The van der Waals surface area contributed by atoms with Crippen LogP contribution < -0.4 is 5.32 Å². The van der Waals surface area contributed by atoms with Crippen LogP contribution in [-0.2, 0) is 4.79 Å². The zero-order chi connectivity index (χ0) is 23.4. The highest BCUT2D eigenvalue weighted by Gasteiger charge is 2.47. The van der Waals surface area contributed by atoms with Gasteiger partial charge in [-0.2, -0.15) is 5.26 Å². The van der Waals surface area contributed by atoms with E-state index in [0.717, 1.165) is 21.2 Å². The Morgan fingerprint density at radius 2 is 1.94 bits per heavy atom. The molecule has 0 spiro atoms. The number of nitrogens with one attached hydrogen (secondary N) is 1. The highest BCUT2D eigenvalue weighted by molar-refractivity contribution is 6.00. The van der Waals surface area contributed by atoms with Gasteiger partial charge in [0, 0.05) is 47.7 Å². The standard InChI is InChI=1S/C24H19F2N5O2/c25-24(26)10-20(11-27)31(15-24)22(32)14-30-23(33)21-6-8-29-13-19(21)4-2-16-1-3-18-12-28-7-5-17(18)9-16/h1-9,12-13,20H,10,14-15H2,(H,30,33). The molecule has 1 aliphatic rings.